The molecule has 0 spiro atoms. The Hall–Kier alpha value is -2.47. The van der Waals surface area contributed by atoms with Gasteiger partial charge in [0.1, 0.15) is 0 Å². The van der Waals surface area contributed by atoms with E-state index in [9.17, 15) is 4.79 Å². The summed E-state index contributed by atoms with van der Waals surface area (Å²) in [4.78, 5) is 24.4. The smallest absolute Gasteiger partial charge is 0.251 e. The molecule has 0 radical (unpaired) electrons. The Morgan fingerprint density at radius 1 is 1.22 bits per heavy atom. The summed E-state index contributed by atoms with van der Waals surface area (Å²) in [5.41, 5.74) is 4.55. The van der Waals surface area contributed by atoms with Crippen LogP contribution in [-0.2, 0) is 4.74 Å². The minimum Gasteiger partial charge on any atom is -0.379 e. The number of rotatable bonds is 4. The van der Waals surface area contributed by atoms with Gasteiger partial charge in [0.15, 0.2) is 0 Å². The van der Waals surface area contributed by atoms with Gasteiger partial charge in [-0.3, -0.25) is 4.79 Å². The lowest BCUT2D eigenvalue weighted by atomic mass is 10.0. The molecular weight excluding hydrogens is 340 g/mol. The Morgan fingerprint density at radius 3 is 2.78 bits per heavy atom. The predicted octanol–water partition coefficient (Wildman–Crippen LogP) is 2.88. The molecule has 1 aromatic heterocycles. The van der Waals surface area contributed by atoms with Gasteiger partial charge in [-0.15, -0.1) is 0 Å². The number of carbonyl (C=O) groups excluding carboxylic acids is 1. The van der Waals surface area contributed by atoms with Gasteiger partial charge in [-0.1, -0.05) is 12.1 Å². The first-order valence-electron chi connectivity index (χ1n) is 9.71. The van der Waals surface area contributed by atoms with Crippen molar-refractivity contribution >= 4 is 11.9 Å². The summed E-state index contributed by atoms with van der Waals surface area (Å²) >= 11 is 0. The molecule has 2 saturated heterocycles. The van der Waals surface area contributed by atoms with Crippen LogP contribution in [0.15, 0.2) is 24.3 Å². The second-order valence-corrected chi connectivity index (χ2v) is 7.39. The van der Waals surface area contributed by atoms with Crippen molar-refractivity contribution in [2.75, 3.05) is 31.2 Å². The number of aromatic nitrogens is 2. The summed E-state index contributed by atoms with van der Waals surface area (Å²) in [6, 6.07) is 7.80. The molecule has 2 aliphatic rings. The van der Waals surface area contributed by atoms with E-state index in [2.05, 4.69) is 15.2 Å². The number of hydrogen-bond acceptors (Lipinski definition) is 5. The standard InChI is InChI=1S/C21H26N4O2/c1-14-15(2)22-21(25-9-3-4-10-25)24-19(14)16-6-5-7-17(12-16)20(26)23-18-8-11-27-13-18/h5-7,12,18H,3-4,8-11,13H2,1-2H3,(H,23,26)/t18-/m1/s1. The normalized spacial score (nSPS) is 19.5. The van der Waals surface area contributed by atoms with E-state index in [4.69, 9.17) is 9.72 Å². The van der Waals surface area contributed by atoms with Crippen molar-refractivity contribution in [1.82, 2.24) is 15.3 Å². The van der Waals surface area contributed by atoms with Gasteiger partial charge in [0.25, 0.3) is 5.91 Å². The molecule has 1 aromatic carbocycles. The third-order valence-corrected chi connectivity index (χ3v) is 5.43. The van der Waals surface area contributed by atoms with E-state index >= 15 is 0 Å². The minimum atomic E-state index is -0.0597. The SMILES string of the molecule is Cc1nc(N2CCCC2)nc(-c2cccc(C(=O)N[C@@H]3CCOC3)c2)c1C. The molecule has 1 N–H and O–H groups in total. The average molecular weight is 366 g/mol. The van der Waals surface area contributed by atoms with Crippen molar-refractivity contribution in [3.63, 3.8) is 0 Å². The first-order chi connectivity index (χ1) is 13.1. The number of anilines is 1. The number of nitrogens with one attached hydrogen (secondary N) is 1. The minimum absolute atomic E-state index is 0.0597. The van der Waals surface area contributed by atoms with Crippen LogP contribution in [0, 0.1) is 13.8 Å². The fourth-order valence-corrected chi connectivity index (χ4v) is 3.68. The van der Waals surface area contributed by atoms with E-state index in [0.717, 1.165) is 48.0 Å². The Kier molecular flexibility index (Phi) is 5.07. The molecule has 1 atom stereocenters. The number of benzene rings is 1. The van der Waals surface area contributed by atoms with E-state index in [1.807, 2.05) is 38.1 Å². The quantitative estimate of drug-likeness (QED) is 0.901. The molecule has 2 fully saturated rings. The molecule has 2 aromatic rings. The summed E-state index contributed by atoms with van der Waals surface area (Å²) in [5, 5.41) is 3.05. The van der Waals surface area contributed by atoms with Gasteiger partial charge in [-0.05, 0) is 50.8 Å². The van der Waals surface area contributed by atoms with E-state index in [0.29, 0.717) is 18.8 Å². The van der Waals surface area contributed by atoms with Gasteiger partial charge in [0, 0.05) is 36.5 Å². The van der Waals surface area contributed by atoms with Gasteiger partial charge in [0.2, 0.25) is 5.95 Å². The van der Waals surface area contributed by atoms with Crippen molar-refractivity contribution < 1.29 is 9.53 Å². The molecular formula is C21H26N4O2. The fourth-order valence-electron chi connectivity index (χ4n) is 3.68. The average Bonchev–Trinajstić information content (AvgIpc) is 3.38. The van der Waals surface area contributed by atoms with Crippen LogP contribution in [0.5, 0.6) is 0 Å². The highest BCUT2D eigenvalue weighted by Gasteiger charge is 2.21. The second kappa shape index (κ2) is 7.64. The molecule has 6 heteroatoms. The van der Waals surface area contributed by atoms with Crippen molar-refractivity contribution in [1.29, 1.82) is 0 Å². The highest BCUT2D eigenvalue weighted by molar-refractivity contribution is 5.95. The number of carbonyl (C=O) groups is 1. The van der Waals surface area contributed by atoms with Crippen LogP contribution in [0.3, 0.4) is 0 Å². The zero-order chi connectivity index (χ0) is 18.8. The largest absolute Gasteiger partial charge is 0.379 e. The lowest BCUT2D eigenvalue weighted by Gasteiger charge is -2.18. The zero-order valence-corrected chi connectivity index (χ0v) is 16.0. The Bertz CT molecular complexity index is 840. The van der Waals surface area contributed by atoms with Crippen LogP contribution in [0.4, 0.5) is 5.95 Å². The maximum atomic E-state index is 12.6. The summed E-state index contributed by atoms with van der Waals surface area (Å²) in [6.07, 6.45) is 3.24. The van der Waals surface area contributed by atoms with Crippen LogP contribution in [0.2, 0.25) is 0 Å². The maximum absolute atomic E-state index is 12.6. The third kappa shape index (κ3) is 3.81. The number of nitrogens with zero attached hydrogens (tertiary/aromatic N) is 3. The van der Waals surface area contributed by atoms with Crippen molar-refractivity contribution in [2.45, 2.75) is 39.2 Å². The van der Waals surface area contributed by atoms with Crippen LogP contribution < -0.4 is 10.2 Å². The topological polar surface area (TPSA) is 67.4 Å². The molecule has 2 aliphatic heterocycles. The van der Waals surface area contributed by atoms with Crippen LogP contribution >= 0.6 is 0 Å². The Balaban J connectivity index is 1.63. The molecule has 3 heterocycles. The van der Waals surface area contributed by atoms with Gasteiger partial charge in [-0.2, -0.15) is 0 Å². The third-order valence-electron chi connectivity index (χ3n) is 5.43. The predicted molar refractivity (Wildman–Crippen MR) is 105 cm³/mol. The molecule has 142 valence electrons. The number of amides is 1. The first kappa shape index (κ1) is 17.9. The number of hydrogen-bond donors (Lipinski definition) is 1. The summed E-state index contributed by atoms with van der Waals surface area (Å²) in [5.74, 6) is 0.735. The molecule has 0 aliphatic carbocycles. The maximum Gasteiger partial charge on any atom is 0.251 e. The number of ether oxygens (including phenoxy) is 1. The first-order valence-corrected chi connectivity index (χ1v) is 9.71. The highest BCUT2D eigenvalue weighted by atomic mass is 16.5. The summed E-state index contributed by atoms with van der Waals surface area (Å²) < 4.78 is 5.34. The lowest BCUT2D eigenvalue weighted by molar-refractivity contribution is 0.0930. The fraction of sp³-hybridized carbons (Fsp3) is 0.476. The van der Waals surface area contributed by atoms with E-state index in [1.165, 1.54) is 12.8 Å². The van der Waals surface area contributed by atoms with E-state index < -0.39 is 0 Å². The van der Waals surface area contributed by atoms with Crippen molar-refractivity contribution in [3.05, 3.63) is 41.1 Å². The van der Waals surface area contributed by atoms with Crippen LogP contribution in [0.1, 0.15) is 40.9 Å². The molecule has 0 saturated carbocycles. The van der Waals surface area contributed by atoms with Gasteiger partial charge < -0.3 is 15.0 Å². The molecule has 27 heavy (non-hydrogen) atoms. The van der Waals surface area contributed by atoms with Gasteiger partial charge in [-0.25, -0.2) is 9.97 Å². The molecule has 0 bridgehead atoms. The lowest BCUT2D eigenvalue weighted by Crippen LogP contribution is -2.34. The van der Waals surface area contributed by atoms with Crippen LogP contribution in [-0.4, -0.2) is 48.2 Å². The second-order valence-electron chi connectivity index (χ2n) is 7.39. The monoisotopic (exact) mass is 366 g/mol. The molecule has 6 nitrogen and oxygen atoms in total. The highest BCUT2D eigenvalue weighted by Crippen LogP contribution is 2.27. The molecule has 1 amide bonds. The Labute approximate surface area is 160 Å². The zero-order valence-electron chi connectivity index (χ0n) is 16.0. The van der Waals surface area contributed by atoms with Gasteiger partial charge >= 0.3 is 0 Å². The van der Waals surface area contributed by atoms with Crippen LogP contribution in [0.25, 0.3) is 11.3 Å². The van der Waals surface area contributed by atoms with Gasteiger partial charge in [0.05, 0.1) is 18.3 Å². The summed E-state index contributed by atoms with van der Waals surface area (Å²) in [7, 11) is 0. The molecule has 4 rings (SSSR count). The van der Waals surface area contributed by atoms with E-state index in [1.54, 1.807) is 0 Å². The summed E-state index contributed by atoms with van der Waals surface area (Å²) in [6.45, 7) is 7.39. The molecule has 0 unspecified atom stereocenters. The Morgan fingerprint density at radius 2 is 2.04 bits per heavy atom. The van der Waals surface area contributed by atoms with Crippen molar-refractivity contribution in [2.24, 2.45) is 0 Å². The van der Waals surface area contributed by atoms with Crippen molar-refractivity contribution in [3.8, 4) is 11.3 Å². The number of aryl methyl sites for hydroxylation is 1. The van der Waals surface area contributed by atoms with E-state index in [-0.39, 0.29) is 11.9 Å².